The van der Waals surface area contributed by atoms with E-state index in [4.69, 9.17) is 27.9 Å². The minimum absolute atomic E-state index is 0.109. The minimum atomic E-state index is 0.109. The van der Waals surface area contributed by atoms with Gasteiger partial charge in [0.25, 0.3) is 0 Å². The lowest BCUT2D eigenvalue weighted by Crippen LogP contribution is -2.07. The molecule has 1 aromatic rings. The number of carbonyl (C=O) groups excluding carboxylic acids is 1. The van der Waals surface area contributed by atoms with E-state index >= 15 is 0 Å². The highest BCUT2D eigenvalue weighted by molar-refractivity contribution is 6.33. The summed E-state index contributed by atoms with van der Waals surface area (Å²) in [6.45, 7) is 3.00. The van der Waals surface area contributed by atoms with Crippen LogP contribution in [-0.4, -0.2) is 19.0 Å². The van der Waals surface area contributed by atoms with Gasteiger partial charge in [-0.2, -0.15) is 0 Å². The molecule has 0 N–H and O–H groups in total. The lowest BCUT2D eigenvalue weighted by molar-refractivity contribution is -0.119. The average Bonchev–Trinajstić information content (AvgIpc) is 2.24. The molecule has 0 atom stereocenters. The molecule has 0 aromatic heterocycles. The Bertz CT molecular complexity index is 364. The number of ketones is 1. The van der Waals surface area contributed by atoms with E-state index in [1.807, 2.05) is 6.92 Å². The molecule has 0 aliphatic heterocycles. The molecule has 0 bridgehead atoms. The van der Waals surface area contributed by atoms with Gasteiger partial charge in [-0.1, -0.05) is 23.2 Å². The van der Waals surface area contributed by atoms with Gasteiger partial charge in [-0.15, -0.1) is 0 Å². The summed E-state index contributed by atoms with van der Waals surface area (Å²) in [6, 6.07) is 5.13. The number of hydrogen-bond donors (Lipinski definition) is 0. The molecule has 0 fully saturated rings. The third-order valence-electron chi connectivity index (χ3n) is 2.12. The molecule has 0 radical (unpaired) electrons. The molecule has 0 saturated carbocycles. The van der Waals surface area contributed by atoms with Crippen LogP contribution >= 0.6 is 23.2 Å². The van der Waals surface area contributed by atoms with Crippen molar-refractivity contribution in [2.75, 3.05) is 13.2 Å². The van der Waals surface area contributed by atoms with E-state index in [9.17, 15) is 4.79 Å². The standard InChI is InChI=1S/C12H14Cl2O2/c1-2-16-6-5-11(15)8-9-7-10(13)3-4-12(9)14/h3-4,7H,2,5-6,8H2,1H3. The Kier molecular flexibility index (Phi) is 5.81. The van der Waals surface area contributed by atoms with Crippen molar-refractivity contribution in [1.29, 1.82) is 0 Å². The predicted molar refractivity (Wildman–Crippen MR) is 66.3 cm³/mol. The molecule has 1 rings (SSSR count). The molecule has 0 saturated heterocycles. The first-order valence-electron chi connectivity index (χ1n) is 5.17. The number of hydrogen-bond acceptors (Lipinski definition) is 2. The normalized spacial score (nSPS) is 10.4. The van der Waals surface area contributed by atoms with E-state index in [1.165, 1.54) is 0 Å². The van der Waals surface area contributed by atoms with Crippen LogP contribution in [0, 0.1) is 0 Å². The summed E-state index contributed by atoms with van der Waals surface area (Å²) in [5.74, 6) is 0.109. The van der Waals surface area contributed by atoms with Crippen molar-refractivity contribution in [1.82, 2.24) is 0 Å². The van der Waals surface area contributed by atoms with E-state index in [2.05, 4.69) is 0 Å². The van der Waals surface area contributed by atoms with Crippen molar-refractivity contribution in [3.63, 3.8) is 0 Å². The van der Waals surface area contributed by atoms with Crippen LogP contribution in [-0.2, 0) is 16.0 Å². The van der Waals surface area contributed by atoms with Gasteiger partial charge in [-0.25, -0.2) is 0 Å². The van der Waals surface area contributed by atoms with E-state index < -0.39 is 0 Å². The first kappa shape index (κ1) is 13.5. The second-order valence-corrected chi connectivity index (χ2v) is 4.24. The molecule has 1 aromatic carbocycles. The quantitative estimate of drug-likeness (QED) is 0.732. The van der Waals surface area contributed by atoms with E-state index in [0.717, 1.165) is 5.56 Å². The van der Waals surface area contributed by atoms with Gasteiger partial charge in [0.2, 0.25) is 0 Å². The topological polar surface area (TPSA) is 26.3 Å². The van der Waals surface area contributed by atoms with Crippen LogP contribution in [0.25, 0.3) is 0 Å². The summed E-state index contributed by atoms with van der Waals surface area (Å²) in [4.78, 5) is 11.6. The van der Waals surface area contributed by atoms with Gasteiger partial charge >= 0.3 is 0 Å². The van der Waals surface area contributed by atoms with Crippen molar-refractivity contribution >= 4 is 29.0 Å². The number of carbonyl (C=O) groups is 1. The molecule has 2 nitrogen and oxygen atoms in total. The Morgan fingerprint density at radius 2 is 2.12 bits per heavy atom. The average molecular weight is 261 g/mol. The lowest BCUT2D eigenvalue weighted by Gasteiger charge is -2.04. The SMILES string of the molecule is CCOCCC(=O)Cc1cc(Cl)ccc1Cl. The molecule has 0 aliphatic rings. The highest BCUT2D eigenvalue weighted by Gasteiger charge is 2.07. The summed E-state index contributed by atoms with van der Waals surface area (Å²) >= 11 is 11.8. The van der Waals surface area contributed by atoms with Gasteiger partial charge in [-0.3, -0.25) is 4.79 Å². The maximum absolute atomic E-state index is 11.6. The van der Waals surface area contributed by atoms with Gasteiger partial charge in [0.15, 0.2) is 0 Å². The van der Waals surface area contributed by atoms with Crippen LogP contribution in [0.1, 0.15) is 18.9 Å². The molecular weight excluding hydrogens is 247 g/mol. The smallest absolute Gasteiger partial charge is 0.139 e. The Balaban J connectivity index is 2.52. The van der Waals surface area contributed by atoms with Crippen LogP contribution in [0.4, 0.5) is 0 Å². The number of halogens is 2. The van der Waals surface area contributed by atoms with Crippen LogP contribution < -0.4 is 0 Å². The fraction of sp³-hybridized carbons (Fsp3) is 0.417. The van der Waals surface area contributed by atoms with Crippen LogP contribution in [0.2, 0.25) is 10.0 Å². The van der Waals surface area contributed by atoms with Crippen LogP contribution in [0.3, 0.4) is 0 Å². The van der Waals surface area contributed by atoms with Gasteiger partial charge in [0.1, 0.15) is 5.78 Å². The molecular formula is C12H14Cl2O2. The maximum Gasteiger partial charge on any atom is 0.139 e. The maximum atomic E-state index is 11.6. The number of ether oxygens (including phenoxy) is 1. The zero-order valence-corrected chi connectivity index (χ0v) is 10.6. The van der Waals surface area contributed by atoms with Crippen molar-refractivity contribution < 1.29 is 9.53 Å². The summed E-state index contributed by atoms with van der Waals surface area (Å²) in [6.07, 6.45) is 0.725. The highest BCUT2D eigenvalue weighted by atomic mass is 35.5. The number of Topliss-reactive ketones (excluding diaryl/α,β-unsaturated/α-hetero) is 1. The second-order valence-electron chi connectivity index (χ2n) is 3.40. The third-order valence-corrected chi connectivity index (χ3v) is 2.73. The summed E-state index contributed by atoms with van der Waals surface area (Å²) < 4.78 is 5.12. The molecule has 0 amide bonds. The fourth-order valence-electron chi connectivity index (χ4n) is 1.31. The van der Waals surface area contributed by atoms with E-state index in [-0.39, 0.29) is 5.78 Å². The third kappa shape index (κ3) is 4.52. The largest absolute Gasteiger partial charge is 0.381 e. The van der Waals surface area contributed by atoms with Crippen molar-refractivity contribution in [2.45, 2.75) is 19.8 Å². The number of benzene rings is 1. The molecule has 4 heteroatoms. The predicted octanol–water partition coefficient (Wildman–Crippen LogP) is 3.53. The Labute approximate surface area is 106 Å². The zero-order chi connectivity index (χ0) is 12.0. The van der Waals surface area contributed by atoms with Crippen LogP contribution in [0.15, 0.2) is 18.2 Å². The van der Waals surface area contributed by atoms with Gasteiger partial charge in [0, 0.05) is 29.5 Å². The second kappa shape index (κ2) is 6.89. The first-order chi connectivity index (χ1) is 7.63. The molecule has 0 heterocycles. The minimum Gasteiger partial charge on any atom is -0.381 e. The van der Waals surface area contributed by atoms with Crippen molar-refractivity contribution in [3.8, 4) is 0 Å². The number of rotatable bonds is 6. The van der Waals surface area contributed by atoms with Gasteiger partial charge in [-0.05, 0) is 30.7 Å². The molecule has 88 valence electrons. The Morgan fingerprint density at radius 3 is 2.81 bits per heavy atom. The summed E-state index contributed by atoms with van der Waals surface area (Å²) in [7, 11) is 0. The van der Waals surface area contributed by atoms with Crippen molar-refractivity contribution in [2.24, 2.45) is 0 Å². The monoisotopic (exact) mass is 260 g/mol. The van der Waals surface area contributed by atoms with Gasteiger partial charge in [0.05, 0.1) is 6.61 Å². The fourth-order valence-corrected chi connectivity index (χ4v) is 1.69. The van der Waals surface area contributed by atoms with Crippen LogP contribution in [0.5, 0.6) is 0 Å². The molecule has 0 aliphatic carbocycles. The summed E-state index contributed by atoms with van der Waals surface area (Å²) in [5.41, 5.74) is 0.774. The van der Waals surface area contributed by atoms with E-state index in [1.54, 1.807) is 18.2 Å². The Hall–Kier alpha value is -0.570. The van der Waals surface area contributed by atoms with Gasteiger partial charge < -0.3 is 4.74 Å². The summed E-state index contributed by atoms with van der Waals surface area (Å²) in [5, 5.41) is 1.17. The molecule has 0 spiro atoms. The lowest BCUT2D eigenvalue weighted by atomic mass is 10.1. The zero-order valence-electron chi connectivity index (χ0n) is 9.13. The highest BCUT2D eigenvalue weighted by Crippen LogP contribution is 2.21. The Morgan fingerprint density at radius 1 is 1.38 bits per heavy atom. The molecule has 0 unspecified atom stereocenters. The first-order valence-corrected chi connectivity index (χ1v) is 5.92. The van der Waals surface area contributed by atoms with Crippen molar-refractivity contribution in [3.05, 3.63) is 33.8 Å². The van der Waals surface area contributed by atoms with E-state index in [0.29, 0.717) is 36.1 Å². The molecule has 16 heavy (non-hydrogen) atoms.